The van der Waals surface area contributed by atoms with Gasteiger partial charge in [0.15, 0.2) is 0 Å². The van der Waals surface area contributed by atoms with Crippen LogP contribution in [0.3, 0.4) is 0 Å². The summed E-state index contributed by atoms with van der Waals surface area (Å²) in [5, 5.41) is 11.3. The van der Waals surface area contributed by atoms with Crippen molar-refractivity contribution in [3.05, 3.63) is 28.7 Å². The number of carbonyl (C=O) groups excluding carboxylic acids is 1. The van der Waals surface area contributed by atoms with Gasteiger partial charge in [0, 0.05) is 21.0 Å². The van der Waals surface area contributed by atoms with Crippen molar-refractivity contribution in [3.63, 3.8) is 0 Å². The first-order chi connectivity index (χ1) is 10.2. The number of nitriles is 1. The minimum atomic E-state index is 0.0519. The zero-order chi connectivity index (χ0) is 15.1. The third-order valence-electron chi connectivity index (χ3n) is 3.85. The van der Waals surface area contributed by atoms with E-state index in [4.69, 9.17) is 5.26 Å². The third kappa shape index (κ3) is 5.05. The molecule has 112 valence electrons. The average Bonchev–Trinajstić information content (AvgIpc) is 2.51. The number of nitrogens with one attached hydrogen (secondary N) is 1. The van der Waals surface area contributed by atoms with Crippen molar-refractivity contribution in [1.29, 1.82) is 5.26 Å². The van der Waals surface area contributed by atoms with Gasteiger partial charge in [-0.15, -0.1) is 11.8 Å². The summed E-state index contributed by atoms with van der Waals surface area (Å²) in [7, 11) is 0. The smallest absolute Gasteiger partial charge is 0.224 e. The van der Waals surface area contributed by atoms with Crippen molar-refractivity contribution < 1.29 is 4.79 Å². The molecule has 0 heterocycles. The summed E-state index contributed by atoms with van der Waals surface area (Å²) >= 11 is 5.29. The Morgan fingerprint density at radius 3 is 3.00 bits per heavy atom. The van der Waals surface area contributed by atoms with Gasteiger partial charge in [0.1, 0.15) is 6.54 Å². The van der Waals surface area contributed by atoms with E-state index in [2.05, 4.69) is 33.4 Å². The molecule has 0 radical (unpaired) electrons. The molecule has 1 fully saturated rings. The number of nitrogens with zero attached hydrogens (tertiary/aromatic N) is 1. The minimum absolute atomic E-state index is 0.0519. The van der Waals surface area contributed by atoms with Gasteiger partial charge >= 0.3 is 0 Å². The van der Waals surface area contributed by atoms with E-state index in [1.165, 1.54) is 11.3 Å². The molecule has 2 unspecified atom stereocenters. The number of thioether (sulfide) groups is 1. The second-order valence-electron chi connectivity index (χ2n) is 5.30. The van der Waals surface area contributed by atoms with E-state index in [9.17, 15) is 4.79 Å². The Labute approximate surface area is 138 Å². The molecule has 21 heavy (non-hydrogen) atoms. The first kappa shape index (κ1) is 16.4. The highest BCUT2D eigenvalue weighted by Gasteiger charge is 2.30. The Hall–Kier alpha value is -0.990. The molecule has 1 N–H and O–H groups in total. The van der Waals surface area contributed by atoms with Crippen molar-refractivity contribution in [2.45, 2.75) is 30.6 Å². The summed E-state index contributed by atoms with van der Waals surface area (Å²) in [5.74, 6) is 1.48. The lowest BCUT2D eigenvalue weighted by atomic mass is 9.80. The summed E-state index contributed by atoms with van der Waals surface area (Å²) in [5.41, 5.74) is 0. The Balaban J connectivity index is 1.92. The molecule has 2 atom stereocenters. The van der Waals surface area contributed by atoms with Gasteiger partial charge in [-0.1, -0.05) is 34.8 Å². The molecule has 0 saturated heterocycles. The summed E-state index contributed by atoms with van der Waals surface area (Å²) in [4.78, 5) is 13.4. The molecule has 1 aliphatic rings. The topological polar surface area (TPSA) is 52.9 Å². The van der Waals surface area contributed by atoms with Crippen LogP contribution in [-0.2, 0) is 4.79 Å². The zero-order valence-corrected chi connectivity index (χ0v) is 14.3. The summed E-state index contributed by atoms with van der Waals surface area (Å²) < 4.78 is 1.08. The fourth-order valence-electron chi connectivity index (χ4n) is 2.77. The van der Waals surface area contributed by atoms with E-state index in [1.807, 2.05) is 30.0 Å². The number of hydrogen-bond acceptors (Lipinski definition) is 3. The maximum atomic E-state index is 12.2. The van der Waals surface area contributed by atoms with Crippen LogP contribution in [0.4, 0.5) is 0 Å². The Kier molecular flexibility index (Phi) is 6.59. The average molecular weight is 367 g/mol. The lowest BCUT2D eigenvalue weighted by molar-refractivity contribution is -0.127. The molecule has 0 aromatic heterocycles. The van der Waals surface area contributed by atoms with E-state index in [0.29, 0.717) is 5.92 Å². The van der Waals surface area contributed by atoms with Crippen LogP contribution in [0.1, 0.15) is 25.7 Å². The fourth-order valence-corrected chi connectivity index (χ4v) is 4.51. The fraction of sp³-hybridized carbons (Fsp3) is 0.500. The van der Waals surface area contributed by atoms with Crippen molar-refractivity contribution in [3.8, 4) is 6.07 Å². The van der Waals surface area contributed by atoms with Gasteiger partial charge in [0.25, 0.3) is 0 Å². The van der Waals surface area contributed by atoms with Crippen LogP contribution in [-0.4, -0.2) is 18.2 Å². The predicted octanol–water partition coefficient (Wildman–Crippen LogP) is 3.99. The van der Waals surface area contributed by atoms with Crippen LogP contribution in [0.2, 0.25) is 0 Å². The SMILES string of the molecule is N#CCNC(=O)C1CCCCC1CSc1cccc(Br)c1. The largest absolute Gasteiger partial charge is 0.343 e. The molecule has 1 aromatic carbocycles. The Bertz CT molecular complexity index is 529. The monoisotopic (exact) mass is 366 g/mol. The van der Waals surface area contributed by atoms with Gasteiger partial charge in [0.05, 0.1) is 6.07 Å². The van der Waals surface area contributed by atoms with Crippen molar-refractivity contribution >= 4 is 33.6 Å². The van der Waals surface area contributed by atoms with Crippen molar-refractivity contribution in [2.24, 2.45) is 11.8 Å². The van der Waals surface area contributed by atoms with Crippen molar-refractivity contribution in [2.75, 3.05) is 12.3 Å². The van der Waals surface area contributed by atoms with Crippen LogP contribution in [0.5, 0.6) is 0 Å². The Morgan fingerprint density at radius 1 is 1.43 bits per heavy atom. The molecule has 0 aliphatic heterocycles. The van der Waals surface area contributed by atoms with Gasteiger partial charge in [0.2, 0.25) is 5.91 Å². The number of carbonyl (C=O) groups is 1. The van der Waals surface area contributed by atoms with E-state index in [0.717, 1.165) is 29.5 Å². The van der Waals surface area contributed by atoms with Crippen LogP contribution in [0.15, 0.2) is 33.6 Å². The van der Waals surface area contributed by atoms with Crippen molar-refractivity contribution in [1.82, 2.24) is 5.32 Å². The quantitative estimate of drug-likeness (QED) is 0.633. The lowest BCUT2D eigenvalue weighted by Gasteiger charge is -2.30. The molecular formula is C16H19BrN2OS. The zero-order valence-electron chi connectivity index (χ0n) is 11.8. The molecule has 0 spiro atoms. The third-order valence-corrected chi connectivity index (χ3v) is 5.52. The number of rotatable bonds is 5. The first-order valence-electron chi connectivity index (χ1n) is 7.23. The van der Waals surface area contributed by atoms with Gasteiger partial charge in [-0.2, -0.15) is 5.26 Å². The first-order valence-corrected chi connectivity index (χ1v) is 9.01. The maximum Gasteiger partial charge on any atom is 0.224 e. The summed E-state index contributed by atoms with van der Waals surface area (Å²) in [6.07, 6.45) is 4.36. The van der Waals surface area contributed by atoms with Gasteiger partial charge in [-0.05, 0) is 37.0 Å². The standard InChI is InChI=1S/C16H19BrN2OS/c17-13-5-3-6-14(10-13)21-11-12-4-1-2-7-15(12)16(20)19-9-8-18/h3,5-6,10,12,15H,1-2,4,7,9,11H2,(H,19,20). The predicted molar refractivity (Wildman–Crippen MR) is 88.9 cm³/mol. The lowest BCUT2D eigenvalue weighted by Crippen LogP contribution is -2.37. The number of benzene rings is 1. The van der Waals surface area contributed by atoms with Gasteiger partial charge in [-0.3, -0.25) is 4.79 Å². The highest BCUT2D eigenvalue weighted by atomic mass is 79.9. The molecular weight excluding hydrogens is 348 g/mol. The molecule has 5 heteroatoms. The molecule has 3 nitrogen and oxygen atoms in total. The molecule has 1 aromatic rings. The number of halogens is 1. The maximum absolute atomic E-state index is 12.2. The van der Waals surface area contributed by atoms with Crippen LogP contribution in [0.25, 0.3) is 0 Å². The van der Waals surface area contributed by atoms with E-state index in [-0.39, 0.29) is 18.4 Å². The van der Waals surface area contributed by atoms with Crippen LogP contribution < -0.4 is 5.32 Å². The Morgan fingerprint density at radius 2 is 2.24 bits per heavy atom. The van der Waals surface area contributed by atoms with Gasteiger partial charge in [-0.25, -0.2) is 0 Å². The van der Waals surface area contributed by atoms with Gasteiger partial charge < -0.3 is 5.32 Å². The van der Waals surface area contributed by atoms with E-state index >= 15 is 0 Å². The molecule has 1 aliphatic carbocycles. The second-order valence-corrected chi connectivity index (χ2v) is 7.30. The number of hydrogen-bond donors (Lipinski definition) is 1. The highest BCUT2D eigenvalue weighted by molar-refractivity contribution is 9.10. The highest BCUT2D eigenvalue weighted by Crippen LogP contribution is 2.35. The van der Waals surface area contributed by atoms with Crippen LogP contribution in [0, 0.1) is 23.2 Å². The molecule has 2 rings (SSSR count). The molecule has 0 bridgehead atoms. The second kappa shape index (κ2) is 8.45. The van der Waals surface area contributed by atoms with E-state index < -0.39 is 0 Å². The van der Waals surface area contributed by atoms with E-state index in [1.54, 1.807) is 0 Å². The normalized spacial score (nSPS) is 21.5. The summed E-state index contributed by atoms with van der Waals surface area (Å²) in [6.45, 7) is 0.112. The minimum Gasteiger partial charge on any atom is -0.343 e. The molecule has 1 amide bonds. The molecule has 1 saturated carbocycles. The van der Waals surface area contributed by atoms with Crippen LogP contribution >= 0.6 is 27.7 Å². The number of amides is 1. The summed E-state index contributed by atoms with van der Waals surface area (Å²) in [6, 6.07) is 10.2.